The number of hydrogen-bond acceptors (Lipinski definition) is 4. The van der Waals surface area contributed by atoms with Gasteiger partial charge in [0.05, 0.1) is 12.1 Å². The summed E-state index contributed by atoms with van der Waals surface area (Å²) in [4.78, 5) is 24.8. The van der Waals surface area contributed by atoms with Crippen LogP contribution >= 0.6 is 24.0 Å². The third kappa shape index (κ3) is 5.70. The molecule has 1 amide bonds. The zero-order valence-electron chi connectivity index (χ0n) is 16.6. The summed E-state index contributed by atoms with van der Waals surface area (Å²) >= 11 is 0. The number of pyridine rings is 1. The van der Waals surface area contributed by atoms with E-state index in [0.29, 0.717) is 38.7 Å². The summed E-state index contributed by atoms with van der Waals surface area (Å²) in [6, 6.07) is 10.0. The molecule has 0 radical (unpaired) electrons. The third-order valence-corrected chi connectivity index (χ3v) is 4.38. The van der Waals surface area contributed by atoms with Crippen molar-refractivity contribution in [3.05, 3.63) is 42.1 Å². The average molecular weight is 497 g/mol. The molecule has 1 aliphatic heterocycles. The van der Waals surface area contributed by atoms with E-state index < -0.39 is 5.60 Å². The van der Waals surface area contributed by atoms with Gasteiger partial charge in [-0.1, -0.05) is 24.3 Å². The number of hydrogen-bond donors (Lipinski definition) is 1. The van der Waals surface area contributed by atoms with Crippen LogP contribution in [0.2, 0.25) is 0 Å². The molecule has 152 valence electrons. The SMILES string of the molecule is CC(C)(C)OC(=O)N1CCN(C(N)=NCc2cccc3cccnc23)CC1.I. The summed E-state index contributed by atoms with van der Waals surface area (Å²) in [6.45, 7) is 8.51. The molecule has 7 nitrogen and oxygen atoms in total. The smallest absolute Gasteiger partial charge is 0.410 e. The highest BCUT2D eigenvalue weighted by molar-refractivity contribution is 14.0. The first-order valence-electron chi connectivity index (χ1n) is 9.19. The van der Waals surface area contributed by atoms with Crippen LogP contribution in [0.1, 0.15) is 26.3 Å². The lowest BCUT2D eigenvalue weighted by atomic mass is 10.1. The number of nitrogens with zero attached hydrogens (tertiary/aromatic N) is 4. The van der Waals surface area contributed by atoms with Crippen molar-refractivity contribution in [1.29, 1.82) is 0 Å². The number of halogens is 1. The number of rotatable bonds is 2. The van der Waals surface area contributed by atoms with Crippen molar-refractivity contribution in [2.75, 3.05) is 26.2 Å². The summed E-state index contributed by atoms with van der Waals surface area (Å²) in [7, 11) is 0. The third-order valence-electron chi connectivity index (χ3n) is 4.38. The highest BCUT2D eigenvalue weighted by Crippen LogP contribution is 2.17. The molecule has 0 saturated carbocycles. The van der Waals surface area contributed by atoms with Crippen LogP contribution in [0.4, 0.5) is 4.79 Å². The summed E-state index contributed by atoms with van der Waals surface area (Å²) in [6.07, 6.45) is 1.51. The van der Waals surface area contributed by atoms with Gasteiger partial charge in [-0.2, -0.15) is 0 Å². The average Bonchev–Trinajstić information content (AvgIpc) is 2.65. The van der Waals surface area contributed by atoms with E-state index in [1.54, 1.807) is 11.1 Å². The zero-order chi connectivity index (χ0) is 19.4. The van der Waals surface area contributed by atoms with Crippen LogP contribution in [0.25, 0.3) is 10.9 Å². The molecule has 2 aromatic rings. The van der Waals surface area contributed by atoms with Crippen LogP contribution in [0.5, 0.6) is 0 Å². The van der Waals surface area contributed by atoms with Crippen LogP contribution in [-0.2, 0) is 11.3 Å². The Hall–Kier alpha value is -2.10. The van der Waals surface area contributed by atoms with Gasteiger partial charge in [0.2, 0.25) is 0 Å². The molecule has 1 aromatic heterocycles. The van der Waals surface area contributed by atoms with Crippen molar-refractivity contribution in [3.63, 3.8) is 0 Å². The van der Waals surface area contributed by atoms with Crippen LogP contribution in [0.15, 0.2) is 41.5 Å². The highest BCUT2D eigenvalue weighted by atomic mass is 127. The fourth-order valence-corrected chi connectivity index (χ4v) is 3.01. The Balaban J connectivity index is 0.00000280. The second-order valence-corrected chi connectivity index (χ2v) is 7.62. The Labute approximate surface area is 183 Å². The van der Waals surface area contributed by atoms with E-state index in [2.05, 4.69) is 9.98 Å². The minimum Gasteiger partial charge on any atom is -0.444 e. The molecule has 0 bridgehead atoms. The Morgan fingerprint density at radius 1 is 1.14 bits per heavy atom. The first-order chi connectivity index (χ1) is 12.8. The van der Waals surface area contributed by atoms with Gasteiger partial charge in [-0.05, 0) is 32.4 Å². The number of carbonyl (C=O) groups excluding carboxylic acids is 1. The molecular formula is C20H28IN5O2. The molecule has 2 N–H and O–H groups in total. The van der Waals surface area contributed by atoms with Gasteiger partial charge < -0.3 is 20.3 Å². The number of fused-ring (bicyclic) bond motifs is 1. The fraction of sp³-hybridized carbons (Fsp3) is 0.450. The van der Waals surface area contributed by atoms with Crippen molar-refractivity contribution in [1.82, 2.24) is 14.8 Å². The highest BCUT2D eigenvalue weighted by Gasteiger charge is 2.26. The van der Waals surface area contributed by atoms with E-state index in [1.165, 1.54) is 0 Å². The summed E-state index contributed by atoms with van der Waals surface area (Å²) in [5.41, 5.74) is 7.69. The maximum atomic E-state index is 12.1. The molecule has 1 aliphatic rings. The van der Waals surface area contributed by atoms with Crippen molar-refractivity contribution < 1.29 is 9.53 Å². The Kier molecular flexibility index (Phi) is 7.45. The van der Waals surface area contributed by atoms with Gasteiger partial charge >= 0.3 is 6.09 Å². The number of aliphatic imine (C=N–C) groups is 1. The van der Waals surface area contributed by atoms with E-state index in [-0.39, 0.29) is 30.1 Å². The largest absolute Gasteiger partial charge is 0.444 e. The molecule has 2 heterocycles. The van der Waals surface area contributed by atoms with Gasteiger partial charge in [-0.25, -0.2) is 9.79 Å². The molecule has 0 atom stereocenters. The fourth-order valence-electron chi connectivity index (χ4n) is 3.01. The van der Waals surface area contributed by atoms with Gasteiger partial charge in [0.1, 0.15) is 5.60 Å². The number of aromatic nitrogens is 1. The lowest BCUT2D eigenvalue weighted by Gasteiger charge is -2.36. The topological polar surface area (TPSA) is 84.0 Å². The molecule has 8 heteroatoms. The molecule has 1 aromatic carbocycles. The van der Waals surface area contributed by atoms with Crippen LogP contribution in [-0.4, -0.2) is 58.6 Å². The van der Waals surface area contributed by atoms with E-state index in [0.717, 1.165) is 16.5 Å². The quantitative estimate of drug-likeness (QED) is 0.392. The maximum absolute atomic E-state index is 12.1. The number of guanidine groups is 1. The summed E-state index contributed by atoms with van der Waals surface area (Å²) in [5.74, 6) is 0.492. The first-order valence-corrected chi connectivity index (χ1v) is 9.19. The molecule has 3 rings (SSSR count). The van der Waals surface area contributed by atoms with E-state index in [9.17, 15) is 4.79 Å². The monoisotopic (exact) mass is 497 g/mol. The number of nitrogens with two attached hydrogens (primary N) is 1. The number of para-hydroxylation sites is 1. The Morgan fingerprint density at radius 3 is 2.46 bits per heavy atom. The minimum absolute atomic E-state index is 0. The second-order valence-electron chi connectivity index (χ2n) is 7.62. The normalized spacial score (nSPS) is 15.3. The summed E-state index contributed by atoms with van der Waals surface area (Å²) < 4.78 is 5.42. The molecular weight excluding hydrogens is 469 g/mol. The van der Waals surface area contributed by atoms with Gasteiger partial charge in [-0.3, -0.25) is 4.98 Å². The lowest BCUT2D eigenvalue weighted by molar-refractivity contribution is 0.0186. The predicted molar refractivity (Wildman–Crippen MR) is 122 cm³/mol. The van der Waals surface area contributed by atoms with Gasteiger partial charge in [0.25, 0.3) is 0 Å². The second kappa shape index (κ2) is 9.40. The molecule has 1 saturated heterocycles. The van der Waals surface area contributed by atoms with Crippen molar-refractivity contribution >= 4 is 46.9 Å². The van der Waals surface area contributed by atoms with Gasteiger partial charge in [0.15, 0.2) is 5.96 Å². The maximum Gasteiger partial charge on any atom is 0.410 e. The standard InChI is InChI=1S/C20H27N5O2.HI/c1-20(2,3)27-19(26)25-12-10-24(11-13-25)18(21)23-14-16-7-4-6-15-8-5-9-22-17(15)16;/h4-9H,10-14H2,1-3H3,(H2,21,23);1H. The number of piperazine rings is 1. The zero-order valence-corrected chi connectivity index (χ0v) is 18.9. The molecule has 28 heavy (non-hydrogen) atoms. The van der Waals surface area contributed by atoms with Crippen LogP contribution in [0.3, 0.4) is 0 Å². The lowest BCUT2D eigenvalue weighted by Crippen LogP contribution is -2.53. The van der Waals surface area contributed by atoms with E-state index in [1.807, 2.05) is 56.0 Å². The van der Waals surface area contributed by atoms with E-state index >= 15 is 0 Å². The number of carbonyl (C=O) groups is 1. The van der Waals surface area contributed by atoms with Crippen molar-refractivity contribution in [3.8, 4) is 0 Å². The molecule has 1 fully saturated rings. The number of amides is 1. The summed E-state index contributed by atoms with van der Waals surface area (Å²) in [5, 5.41) is 1.09. The van der Waals surface area contributed by atoms with Gasteiger partial charge in [-0.15, -0.1) is 24.0 Å². The van der Waals surface area contributed by atoms with Gasteiger partial charge in [0, 0.05) is 37.8 Å². The first kappa shape index (κ1) is 22.2. The molecule has 0 unspecified atom stereocenters. The van der Waals surface area contributed by atoms with Crippen molar-refractivity contribution in [2.45, 2.75) is 32.9 Å². The Morgan fingerprint density at radius 2 is 1.79 bits per heavy atom. The number of benzene rings is 1. The Bertz CT molecular complexity index is 837. The van der Waals surface area contributed by atoms with Crippen LogP contribution in [0, 0.1) is 0 Å². The van der Waals surface area contributed by atoms with Crippen LogP contribution < -0.4 is 5.73 Å². The molecule has 0 spiro atoms. The predicted octanol–water partition coefficient (Wildman–Crippen LogP) is 3.22. The number of ether oxygens (including phenoxy) is 1. The van der Waals surface area contributed by atoms with Crippen molar-refractivity contribution in [2.24, 2.45) is 10.7 Å². The minimum atomic E-state index is -0.485. The van der Waals surface area contributed by atoms with E-state index in [4.69, 9.17) is 10.5 Å². The molecule has 0 aliphatic carbocycles.